The molecule has 0 aromatic carbocycles. The second-order valence-corrected chi connectivity index (χ2v) is 4.60. The number of nitrogens with zero attached hydrogens (tertiary/aromatic N) is 4. The van der Waals surface area contributed by atoms with E-state index in [2.05, 4.69) is 21.1 Å². The van der Waals surface area contributed by atoms with Crippen LogP contribution in [0.25, 0.3) is 16.9 Å². The lowest BCUT2D eigenvalue weighted by Crippen LogP contribution is -1.98. The summed E-state index contributed by atoms with van der Waals surface area (Å²) >= 11 is 0. The van der Waals surface area contributed by atoms with Crippen molar-refractivity contribution in [3.8, 4) is 11.3 Å². The number of hydrogen-bond donors (Lipinski definition) is 0. The molecular formula is C14H14N4. The molecule has 90 valence electrons. The Balaban J connectivity index is 2.27. The van der Waals surface area contributed by atoms with Crippen molar-refractivity contribution in [1.29, 1.82) is 0 Å². The predicted octanol–water partition coefficient (Wildman–Crippen LogP) is 2.72. The molecule has 0 fully saturated rings. The van der Waals surface area contributed by atoms with Crippen LogP contribution in [0.4, 0.5) is 0 Å². The second-order valence-electron chi connectivity index (χ2n) is 4.60. The summed E-state index contributed by atoms with van der Waals surface area (Å²) < 4.78 is 1.86. The fourth-order valence-electron chi connectivity index (χ4n) is 2.07. The third-order valence-corrected chi connectivity index (χ3v) is 3.00. The predicted molar refractivity (Wildman–Crippen MR) is 70.4 cm³/mol. The van der Waals surface area contributed by atoms with Gasteiger partial charge in [-0.25, -0.2) is 9.50 Å². The van der Waals surface area contributed by atoms with Crippen LogP contribution in [0.3, 0.4) is 0 Å². The standard InChI is InChI=1S/C14H14N4/c1-9-4-12(8-15-6-9)13-5-11(3)18-14(17-13)10(2)7-16-18/h4-8H,1-3H3. The summed E-state index contributed by atoms with van der Waals surface area (Å²) in [6.07, 6.45) is 5.53. The molecule has 0 saturated carbocycles. The molecule has 0 atom stereocenters. The average Bonchev–Trinajstić information content (AvgIpc) is 2.72. The first kappa shape index (κ1) is 10.9. The van der Waals surface area contributed by atoms with Crippen LogP contribution < -0.4 is 0 Å². The molecule has 18 heavy (non-hydrogen) atoms. The summed E-state index contributed by atoms with van der Waals surface area (Å²) in [5.41, 5.74) is 6.19. The van der Waals surface area contributed by atoms with Gasteiger partial charge in [0.1, 0.15) is 0 Å². The van der Waals surface area contributed by atoms with E-state index in [-0.39, 0.29) is 0 Å². The highest BCUT2D eigenvalue weighted by Crippen LogP contribution is 2.20. The zero-order valence-corrected chi connectivity index (χ0v) is 10.7. The monoisotopic (exact) mass is 238 g/mol. The van der Waals surface area contributed by atoms with Crippen molar-refractivity contribution in [2.45, 2.75) is 20.8 Å². The van der Waals surface area contributed by atoms with Gasteiger partial charge >= 0.3 is 0 Å². The minimum atomic E-state index is 0.909. The van der Waals surface area contributed by atoms with Crippen LogP contribution in [0.1, 0.15) is 16.8 Å². The normalized spacial score (nSPS) is 11.1. The first-order valence-electron chi connectivity index (χ1n) is 5.89. The fraction of sp³-hybridized carbons (Fsp3) is 0.214. The summed E-state index contributed by atoms with van der Waals surface area (Å²) in [4.78, 5) is 8.89. The summed E-state index contributed by atoms with van der Waals surface area (Å²) in [5.74, 6) is 0. The van der Waals surface area contributed by atoms with Crippen LogP contribution in [-0.2, 0) is 0 Å². The van der Waals surface area contributed by atoms with E-state index in [1.807, 2.05) is 49.9 Å². The molecule has 3 rings (SSSR count). The van der Waals surface area contributed by atoms with E-state index < -0.39 is 0 Å². The minimum absolute atomic E-state index is 0.909. The number of aromatic nitrogens is 4. The van der Waals surface area contributed by atoms with Crippen LogP contribution in [-0.4, -0.2) is 19.6 Å². The van der Waals surface area contributed by atoms with Crippen molar-refractivity contribution in [2.24, 2.45) is 0 Å². The van der Waals surface area contributed by atoms with Gasteiger partial charge in [-0.15, -0.1) is 0 Å². The summed E-state index contributed by atoms with van der Waals surface area (Å²) in [5, 5.41) is 4.31. The number of fused-ring (bicyclic) bond motifs is 1. The molecule has 0 aliphatic carbocycles. The van der Waals surface area contributed by atoms with Crippen molar-refractivity contribution in [3.05, 3.63) is 47.5 Å². The Kier molecular flexibility index (Phi) is 2.37. The van der Waals surface area contributed by atoms with Crippen LogP contribution in [0.2, 0.25) is 0 Å². The lowest BCUT2D eigenvalue weighted by molar-refractivity contribution is 0.896. The van der Waals surface area contributed by atoms with Crippen molar-refractivity contribution < 1.29 is 0 Å². The number of aryl methyl sites for hydroxylation is 3. The molecule has 0 bridgehead atoms. The van der Waals surface area contributed by atoms with Gasteiger partial charge < -0.3 is 0 Å². The van der Waals surface area contributed by atoms with Gasteiger partial charge in [-0.05, 0) is 38.5 Å². The summed E-state index contributed by atoms with van der Waals surface area (Å²) in [6, 6.07) is 4.13. The van der Waals surface area contributed by atoms with Crippen LogP contribution in [0.5, 0.6) is 0 Å². The number of hydrogen-bond acceptors (Lipinski definition) is 3. The van der Waals surface area contributed by atoms with E-state index >= 15 is 0 Å². The molecule has 0 amide bonds. The van der Waals surface area contributed by atoms with E-state index in [0.29, 0.717) is 0 Å². The van der Waals surface area contributed by atoms with Crippen molar-refractivity contribution >= 4 is 5.65 Å². The second kappa shape index (κ2) is 3.91. The highest BCUT2D eigenvalue weighted by Gasteiger charge is 2.08. The molecule has 4 nitrogen and oxygen atoms in total. The SMILES string of the molecule is Cc1cncc(-c2cc(C)n3ncc(C)c3n2)c1. The quantitative estimate of drug-likeness (QED) is 0.654. The first-order chi connectivity index (χ1) is 8.65. The van der Waals surface area contributed by atoms with Gasteiger partial charge in [0.2, 0.25) is 0 Å². The zero-order chi connectivity index (χ0) is 12.7. The fourth-order valence-corrected chi connectivity index (χ4v) is 2.07. The third kappa shape index (κ3) is 1.66. The molecule has 0 N–H and O–H groups in total. The van der Waals surface area contributed by atoms with Crippen molar-refractivity contribution in [2.75, 3.05) is 0 Å². The number of rotatable bonds is 1. The molecule has 0 spiro atoms. The Hall–Kier alpha value is -2.23. The van der Waals surface area contributed by atoms with Crippen molar-refractivity contribution in [1.82, 2.24) is 19.6 Å². The van der Waals surface area contributed by atoms with Gasteiger partial charge in [0.25, 0.3) is 0 Å². The molecule has 0 aliphatic heterocycles. The lowest BCUT2D eigenvalue weighted by atomic mass is 10.1. The molecule has 0 saturated heterocycles. The third-order valence-electron chi connectivity index (χ3n) is 3.00. The van der Waals surface area contributed by atoms with Gasteiger partial charge in [0.05, 0.1) is 11.9 Å². The summed E-state index contributed by atoms with van der Waals surface area (Å²) in [7, 11) is 0. The number of pyridine rings is 1. The highest BCUT2D eigenvalue weighted by molar-refractivity contribution is 5.63. The van der Waals surface area contributed by atoms with E-state index in [4.69, 9.17) is 0 Å². The maximum atomic E-state index is 4.67. The molecule has 3 aromatic rings. The molecule has 3 aromatic heterocycles. The smallest absolute Gasteiger partial charge is 0.158 e. The molecule has 0 aliphatic rings. The minimum Gasteiger partial charge on any atom is -0.264 e. The van der Waals surface area contributed by atoms with E-state index in [1.54, 1.807) is 0 Å². The molecular weight excluding hydrogens is 224 g/mol. The Morgan fingerprint density at radius 3 is 2.61 bits per heavy atom. The van der Waals surface area contributed by atoms with Crippen molar-refractivity contribution in [3.63, 3.8) is 0 Å². The molecule has 0 unspecified atom stereocenters. The van der Waals surface area contributed by atoms with E-state index in [9.17, 15) is 0 Å². The Labute approximate surface area is 105 Å². The van der Waals surface area contributed by atoms with Gasteiger partial charge in [0.15, 0.2) is 5.65 Å². The van der Waals surface area contributed by atoms with Crippen LogP contribution in [0.15, 0.2) is 30.7 Å². The Morgan fingerprint density at radius 2 is 1.83 bits per heavy atom. The van der Waals surface area contributed by atoms with Gasteiger partial charge in [-0.1, -0.05) is 0 Å². The van der Waals surface area contributed by atoms with Crippen LogP contribution in [0, 0.1) is 20.8 Å². The summed E-state index contributed by atoms with van der Waals surface area (Å²) in [6.45, 7) is 6.09. The van der Waals surface area contributed by atoms with E-state index in [1.165, 1.54) is 0 Å². The van der Waals surface area contributed by atoms with Crippen LogP contribution >= 0.6 is 0 Å². The van der Waals surface area contributed by atoms with Gasteiger partial charge in [0, 0.05) is 29.2 Å². The van der Waals surface area contributed by atoms with E-state index in [0.717, 1.165) is 33.7 Å². The Bertz CT molecular complexity index is 728. The molecule has 4 heteroatoms. The molecule has 3 heterocycles. The first-order valence-corrected chi connectivity index (χ1v) is 5.89. The lowest BCUT2D eigenvalue weighted by Gasteiger charge is -2.05. The van der Waals surface area contributed by atoms with Gasteiger partial charge in [-0.3, -0.25) is 4.98 Å². The largest absolute Gasteiger partial charge is 0.264 e. The van der Waals surface area contributed by atoms with Gasteiger partial charge in [-0.2, -0.15) is 5.10 Å². The maximum absolute atomic E-state index is 4.67. The topological polar surface area (TPSA) is 43.1 Å². The zero-order valence-electron chi connectivity index (χ0n) is 10.7. The highest BCUT2D eigenvalue weighted by atomic mass is 15.2. The maximum Gasteiger partial charge on any atom is 0.158 e. The average molecular weight is 238 g/mol. The Morgan fingerprint density at radius 1 is 1.00 bits per heavy atom. The molecule has 0 radical (unpaired) electrons.